The Bertz CT molecular complexity index is 445. The van der Waals surface area contributed by atoms with Crippen molar-refractivity contribution in [2.24, 2.45) is 11.8 Å². The Morgan fingerprint density at radius 1 is 1.22 bits per heavy atom. The molecule has 0 aromatic carbocycles. The Morgan fingerprint density at radius 2 is 1.91 bits per heavy atom. The molecule has 0 aromatic heterocycles. The summed E-state index contributed by atoms with van der Waals surface area (Å²) in [5.74, 6) is 1.16. The average Bonchev–Trinajstić information content (AvgIpc) is 2.45. The van der Waals surface area contributed by atoms with Gasteiger partial charge in [0.25, 0.3) is 0 Å². The molecule has 3 atom stereocenters. The van der Waals surface area contributed by atoms with Crippen molar-refractivity contribution in [1.82, 2.24) is 0 Å². The summed E-state index contributed by atoms with van der Waals surface area (Å²) in [7, 11) is 1.73. The minimum absolute atomic E-state index is 0.418. The smallest absolute Gasteiger partial charge is 0.0858 e. The first kappa shape index (κ1) is 20.2. The van der Waals surface area contributed by atoms with Crippen LogP contribution in [0.2, 0.25) is 0 Å². The minimum Gasteiger partial charge on any atom is -0.389 e. The van der Waals surface area contributed by atoms with E-state index in [-0.39, 0.29) is 0 Å². The van der Waals surface area contributed by atoms with E-state index in [9.17, 15) is 5.11 Å². The van der Waals surface area contributed by atoms with Gasteiger partial charge in [-0.2, -0.15) is 0 Å². The van der Waals surface area contributed by atoms with E-state index in [1.807, 2.05) is 6.08 Å². The van der Waals surface area contributed by atoms with Crippen LogP contribution in [0.1, 0.15) is 66.7 Å². The Labute approximate surface area is 143 Å². The lowest BCUT2D eigenvalue weighted by Gasteiger charge is -2.28. The van der Waals surface area contributed by atoms with Gasteiger partial charge in [-0.25, -0.2) is 0 Å². The maximum absolute atomic E-state index is 10.4. The molecule has 0 saturated carbocycles. The summed E-state index contributed by atoms with van der Waals surface area (Å²) in [6, 6.07) is 0. The molecule has 0 amide bonds. The van der Waals surface area contributed by atoms with Gasteiger partial charge >= 0.3 is 0 Å². The van der Waals surface area contributed by atoms with Crippen molar-refractivity contribution in [2.75, 3.05) is 7.11 Å². The fourth-order valence-electron chi connectivity index (χ4n) is 3.13. The van der Waals surface area contributed by atoms with Crippen LogP contribution in [0.3, 0.4) is 0 Å². The first-order valence-corrected chi connectivity index (χ1v) is 9.01. The highest BCUT2D eigenvalue weighted by Crippen LogP contribution is 2.26. The lowest BCUT2D eigenvalue weighted by Crippen LogP contribution is -2.30. The predicted octanol–water partition coefficient (Wildman–Crippen LogP) is 5.44. The van der Waals surface area contributed by atoms with Crippen LogP contribution in [0, 0.1) is 11.8 Å². The Morgan fingerprint density at radius 3 is 2.52 bits per heavy atom. The van der Waals surface area contributed by atoms with Crippen LogP contribution in [0.5, 0.6) is 0 Å². The normalized spacial score (nSPS) is 37.4. The van der Waals surface area contributed by atoms with E-state index in [1.165, 1.54) is 17.6 Å². The molecule has 0 aliphatic heterocycles. The molecule has 1 rings (SSSR count). The zero-order valence-corrected chi connectivity index (χ0v) is 15.9. The third-order valence-corrected chi connectivity index (χ3v) is 5.01. The molecule has 0 spiro atoms. The molecule has 1 aliphatic rings. The summed E-state index contributed by atoms with van der Waals surface area (Å²) in [5.41, 5.74) is 2.31. The second-order valence-corrected chi connectivity index (χ2v) is 7.70. The van der Waals surface area contributed by atoms with Gasteiger partial charge in [-0.05, 0) is 58.3 Å². The van der Waals surface area contributed by atoms with Gasteiger partial charge < -0.3 is 9.84 Å². The molecule has 23 heavy (non-hydrogen) atoms. The highest BCUT2D eigenvalue weighted by atomic mass is 16.5. The lowest BCUT2D eigenvalue weighted by molar-refractivity contribution is 0.0126. The van der Waals surface area contributed by atoms with Crippen LogP contribution < -0.4 is 0 Å². The van der Waals surface area contributed by atoms with Crippen LogP contribution in [-0.4, -0.2) is 23.9 Å². The molecule has 0 aromatic rings. The molecule has 0 radical (unpaired) electrons. The zero-order chi connectivity index (χ0) is 17.5. The SMILES string of the molecule is COC1(C)/C=C\C(C(C)C)CC/C(C)=C\CC/C(C)=C\C(O)C1. The lowest BCUT2D eigenvalue weighted by atomic mass is 9.86. The van der Waals surface area contributed by atoms with Crippen molar-refractivity contribution in [3.63, 3.8) is 0 Å². The van der Waals surface area contributed by atoms with Gasteiger partial charge in [0.1, 0.15) is 0 Å². The van der Waals surface area contributed by atoms with Crippen molar-refractivity contribution >= 4 is 0 Å². The summed E-state index contributed by atoms with van der Waals surface area (Å²) < 4.78 is 5.71. The monoisotopic (exact) mass is 320 g/mol. The van der Waals surface area contributed by atoms with Crippen molar-refractivity contribution in [3.05, 3.63) is 35.5 Å². The summed E-state index contributed by atoms with van der Waals surface area (Å²) in [6.07, 6.45) is 13.3. The predicted molar refractivity (Wildman–Crippen MR) is 99.5 cm³/mol. The minimum atomic E-state index is -0.463. The number of aliphatic hydroxyl groups excluding tert-OH is 1. The second-order valence-electron chi connectivity index (χ2n) is 7.70. The average molecular weight is 321 g/mol. The molecular formula is C21H36O2. The number of hydrogen-bond acceptors (Lipinski definition) is 2. The van der Waals surface area contributed by atoms with Gasteiger partial charge in [-0.1, -0.05) is 49.3 Å². The molecular weight excluding hydrogens is 284 g/mol. The highest BCUT2D eigenvalue weighted by molar-refractivity contribution is 5.11. The molecule has 132 valence electrons. The Kier molecular flexibility index (Phi) is 8.28. The fourth-order valence-corrected chi connectivity index (χ4v) is 3.13. The number of rotatable bonds is 2. The van der Waals surface area contributed by atoms with E-state index in [4.69, 9.17) is 4.74 Å². The molecule has 2 heteroatoms. The summed E-state index contributed by atoms with van der Waals surface area (Å²) in [4.78, 5) is 0. The Hall–Kier alpha value is -0.860. The highest BCUT2D eigenvalue weighted by Gasteiger charge is 2.24. The van der Waals surface area contributed by atoms with E-state index in [0.717, 1.165) is 19.3 Å². The number of aliphatic hydroxyl groups is 1. The van der Waals surface area contributed by atoms with Crippen LogP contribution in [0.4, 0.5) is 0 Å². The molecule has 0 fully saturated rings. The summed E-state index contributed by atoms with van der Waals surface area (Å²) in [6.45, 7) is 11.0. The largest absolute Gasteiger partial charge is 0.389 e. The number of methoxy groups -OCH3 is 1. The quantitative estimate of drug-likeness (QED) is 0.687. The molecule has 2 nitrogen and oxygen atoms in total. The first-order chi connectivity index (χ1) is 10.8. The van der Waals surface area contributed by atoms with Crippen molar-refractivity contribution in [3.8, 4) is 0 Å². The van der Waals surface area contributed by atoms with Gasteiger partial charge in [0.15, 0.2) is 0 Å². The standard InChI is InChI=1S/C21H36O2/c1-16(2)19-11-10-17(3)8-7-9-18(4)14-20(22)15-21(5,23-6)13-12-19/h8,12-14,16,19-20,22H,7,9-11,15H2,1-6H3/b13-12-,17-8-,18-14-. The van der Waals surface area contributed by atoms with Crippen LogP contribution >= 0.6 is 0 Å². The van der Waals surface area contributed by atoms with Crippen LogP contribution in [0.25, 0.3) is 0 Å². The van der Waals surface area contributed by atoms with E-state index in [2.05, 4.69) is 52.8 Å². The molecule has 3 unspecified atom stereocenters. The summed E-state index contributed by atoms with van der Waals surface area (Å²) in [5, 5.41) is 10.4. The van der Waals surface area contributed by atoms with Gasteiger partial charge in [-0.3, -0.25) is 0 Å². The number of ether oxygens (including phenoxy) is 1. The van der Waals surface area contributed by atoms with Crippen molar-refractivity contribution in [1.29, 1.82) is 0 Å². The Balaban J connectivity index is 3.04. The molecule has 0 saturated heterocycles. The van der Waals surface area contributed by atoms with E-state index in [0.29, 0.717) is 18.3 Å². The van der Waals surface area contributed by atoms with Crippen molar-refractivity contribution in [2.45, 2.75) is 78.4 Å². The van der Waals surface area contributed by atoms with Crippen LogP contribution in [-0.2, 0) is 4.74 Å². The molecule has 1 aliphatic carbocycles. The van der Waals surface area contributed by atoms with E-state index in [1.54, 1.807) is 7.11 Å². The topological polar surface area (TPSA) is 29.5 Å². The fraction of sp³-hybridized carbons (Fsp3) is 0.714. The van der Waals surface area contributed by atoms with Gasteiger partial charge in [0.2, 0.25) is 0 Å². The molecule has 0 bridgehead atoms. The number of allylic oxidation sites excluding steroid dienone is 4. The van der Waals surface area contributed by atoms with Crippen LogP contribution in [0.15, 0.2) is 35.5 Å². The molecule has 1 N–H and O–H groups in total. The van der Waals surface area contributed by atoms with Gasteiger partial charge in [0.05, 0.1) is 11.7 Å². The molecule has 0 heterocycles. The van der Waals surface area contributed by atoms with Gasteiger partial charge in [-0.15, -0.1) is 0 Å². The maximum Gasteiger partial charge on any atom is 0.0858 e. The van der Waals surface area contributed by atoms with Gasteiger partial charge in [0, 0.05) is 13.5 Å². The van der Waals surface area contributed by atoms with Crippen molar-refractivity contribution < 1.29 is 9.84 Å². The second kappa shape index (κ2) is 9.44. The number of hydrogen-bond donors (Lipinski definition) is 1. The maximum atomic E-state index is 10.4. The third-order valence-electron chi connectivity index (χ3n) is 5.01. The van der Waals surface area contributed by atoms with E-state index < -0.39 is 11.7 Å². The first-order valence-electron chi connectivity index (χ1n) is 9.01. The van der Waals surface area contributed by atoms with E-state index >= 15 is 0 Å². The third kappa shape index (κ3) is 7.50. The summed E-state index contributed by atoms with van der Waals surface area (Å²) >= 11 is 0. The zero-order valence-electron chi connectivity index (χ0n) is 15.9.